The van der Waals surface area contributed by atoms with Gasteiger partial charge < -0.3 is 24.4 Å². The highest BCUT2D eigenvalue weighted by atomic mass is 35.5. The Morgan fingerprint density at radius 2 is 1.57 bits per heavy atom. The molecule has 0 bridgehead atoms. The van der Waals surface area contributed by atoms with E-state index in [1.165, 1.54) is 19.1 Å². The predicted octanol–water partition coefficient (Wildman–Crippen LogP) is 5.17. The fraction of sp³-hybridized carbons (Fsp3) is 0.286. The van der Waals surface area contributed by atoms with Crippen molar-refractivity contribution in [3.63, 3.8) is 0 Å². The lowest BCUT2D eigenvalue weighted by atomic mass is 10.0. The number of hydrogen-bond acceptors (Lipinski definition) is 5. The summed E-state index contributed by atoms with van der Waals surface area (Å²) in [6.07, 6.45) is 0.316. The molecule has 0 heterocycles. The number of likely N-dealkylation sites (N-methyl/N-ethyl adjacent to an activating group) is 1. The van der Waals surface area contributed by atoms with Crippen molar-refractivity contribution in [2.45, 2.75) is 25.9 Å². The quantitative estimate of drug-likeness (QED) is 0.340. The lowest BCUT2D eigenvalue weighted by Gasteiger charge is -2.31. The molecule has 1 unspecified atom stereocenters. The van der Waals surface area contributed by atoms with Crippen LogP contribution >= 0.6 is 23.2 Å². The van der Waals surface area contributed by atoms with Crippen molar-refractivity contribution in [2.75, 3.05) is 27.4 Å². The molecule has 0 aromatic heterocycles. The van der Waals surface area contributed by atoms with Gasteiger partial charge in [-0.15, -0.1) is 0 Å². The number of halogens is 2. The van der Waals surface area contributed by atoms with Gasteiger partial charge in [0, 0.05) is 47.8 Å². The van der Waals surface area contributed by atoms with Gasteiger partial charge in [0.05, 0.1) is 14.2 Å². The lowest BCUT2D eigenvalue weighted by molar-refractivity contribution is -0.142. The van der Waals surface area contributed by atoms with Gasteiger partial charge >= 0.3 is 0 Å². The molecule has 37 heavy (non-hydrogen) atoms. The van der Waals surface area contributed by atoms with Crippen LogP contribution in [0.25, 0.3) is 0 Å². The van der Waals surface area contributed by atoms with Crippen LogP contribution in [-0.2, 0) is 22.6 Å². The van der Waals surface area contributed by atoms with Crippen molar-refractivity contribution in [3.05, 3.63) is 87.9 Å². The highest BCUT2D eigenvalue weighted by molar-refractivity contribution is 6.35. The van der Waals surface area contributed by atoms with E-state index in [2.05, 4.69) is 5.32 Å². The van der Waals surface area contributed by atoms with E-state index < -0.39 is 6.04 Å². The molecule has 0 spiro atoms. The number of hydrogen-bond donors (Lipinski definition) is 1. The molecule has 0 radical (unpaired) electrons. The summed E-state index contributed by atoms with van der Waals surface area (Å²) in [6.45, 7) is 2.04. The zero-order valence-electron chi connectivity index (χ0n) is 21.0. The predicted molar refractivity (Wildman–Crippen MR) is 145 cm³/mol. The molecule has 0 aliphatic rings. The van der Waals surface area contributed by atoms with Gasteiger partial charge in [-0.05, 0) is 30.2 Å². The van der Waals surface area contributed by atoms with Crippen LogP contribution in [0, 0.1) is 0 Å². The number of amides is 2. The maximum Gasteiger partial charge on any atom is 0.261 e. The van der Waals surface area contributed by atoms with Crippen LogP contribution < -0.4 is 19.5 Å². The molecule has 0 saturated carbocycles. The molecule has 1 N–H and O–H groups in total. The van der Waals surface area contributed by atoms with E-state index in [9.17, 15) is 9.59 Å². The average Bonchev–Trinajstić information content (AvgIpc) is 2.90. The summed E-state index contributed by atoms with van der Waals surface area (Å²) < 4.78 is 16.4. The Kier molecular flexibility index (Phi) is 10.5. The number of rotatable bonds is 12. The van der Waals surface area contributed by atoms with E-state index in [-0.39, 0.29) is 25.0 Å². The minimum Gasteiger partial charge on any atom is -0.496 e. The topological polar surface area (TPSA) is 77.1 Å². The van der Waals surface area contributed by atoms with Crippen molar-refractivity contribution in [1.82, 2.24) is 10.2 Å². The molecule has 3 rings (SSSR count). The van der Waals surface area contributed by atoms with Crippen molar-refractivity contribution in [2.24, 2.45) is 0 Å². The molecule has 9 heteroatoms. The first-order chi connectivity index (χ1) is 17.8. The van der Waals surface area contributed by atoms with E-state index in [4.69, 9.17) is 37.4 Å². The molecule has 3 aromatic rings. The lowest BCUT2D eigenvalue weighted by Crippen LogP contribution is -2.51. The summed E-state index contributed by atoms with van der Waals surface area (Å²) in [5.74, 6) is 0.784. The van der Waals surface area contributed by atoms with Gasteiger partial charge in [-0.3, -0.25) is 9.59 Å². The average molecular weight is 545 g/mol. The van der Waals surface area contributed by atoms with E-state index >= 15 is 0 Å². The molecule has 1 atom stereocenters. The normalized spacial score (nSPS) is 11.4. The fourth-order valence-corrected chi connectivity index (χ4v) is 4.24. The van der Waals surface area contributed by atoms with E-state index in [1.54, 1.807) is 36.4 Å². The monoisotopic (exact) mass is 544 g/mol. The van der Waals surface area contributed by atoms with E-state index in [0.717, 1.165) is 5.56 Å². The number of carbonyl (C=O) groups excluding carboxylic acids is 2. The molecule has 0 aliphatic carbocycles. The summed E-state index contributed by atoms with van der Waals surface area (Å²) >= 11 is 12.5. The molecular weight excluding hydrogens is 515 g/mol. The Hall–Kier alpha value is -3.42. The van der Waals surface area contributed by atoms with Crippen molar-refractivity contribution >= 4 is 35.0 Å². The van der Waals surface area contributed by atoms with E-state index in [1.807, 2.05) is 37.3 Å². The molecule has 3 aromatic carbocycles. The van der Waals surface area contributed by atoms with Crippen molar-refractivity contribution in [1.29, 1.82) is 0 Å². The Balaban J connectivity index is 1.93. The number of nitrogens with zero attached hydrogens (tertiary/aromatic N) is 1. The van der Waals surface area contributed by atoms with Crippen LogP contribution in [0.1, 0.15) is 18.1 Å². The minimum absolute atomic E-state index is 0.0915. The van der Waals surface area contributed by atoms with Gasteiger partial charge in [0.15, 0.2) is 6.61 Å². The number of methoxy groups -OCH3 is 2. The first kappa shape index (κ1) is 28.2. The first-order valence-electron chi connectivity index (χ1n) is 11.8. The van der Waals surface area contributed by atoms with Crippen molar-refractivity contribution in [3.8, 4) is 17.2 Å². The van der Waals surface area contributed by atoms with Crippen LogP contribution in [-0.4, -0.2) is 50.1 Å². The first-order valence-corrected chi connectivity index (χ1v) is 12.5. The molecule has 0 fully saturated rings. The summed E-state index contributed by atoms with van der Waals surface area (Å²) in [6, 6.07) is 18.8. The standard InChI is InChI=1S/C28H30Cl2N2O5/c1-4-31-28(34)26(12-19-8-6-5-7-9-19)32(17-20-10-11-21(29)13-25(20)30)27(33)18-37-24-15-22(35-2)14-23(16-24)36-3/h5-11,13-16,26H,4,12,17-18H2,1-3H3,(H,31,34). The SMILES string of the molecule is CCNC(=O)C(Cc1ccccc1)N(Cc1ccc(Cl)cc1Cl)C(=O)COc1cc(OC)cc(OC)c1. The van der Waals surface area contributed by atoms with Gasteiger partial charge in [0.25, 0.3) is 5.91 Å². The Labute approximate surface area is 227 Å². The van der Waals surface area contributed by atoms with Crippen LogP contribution in [0.3, 0.4) is 0 Å². The minimum atomic E-state index is -0.801. The van der Waals surface area contributed by atoms with Gasteiger partial charge in [0.2, 0.25) is 5.91 Å². The van der Waals surface area contributed by atoms with Crippen LogP contribution in [0.4, 0.5) is 0 Å². The van der Waals surface area contributed by atoms with Crippen molar-refractivity contribution < 1.29 is 23.8 Å². The summed E-state index contributed by atoms with van der Waals surface area (Å²) in [4.78, 5) is 28.4. The zero-order chi connectivity index (χ0) is 26.8. The summed E-state index contributed by atoms with van der Waals surface area (Å²) in [5.41, 5.74) is 1.57. The van der Waals surface area contributed by atoms with Gasteiger partial charge in [0.1, 0.15) is 23.3 Å². The Morgan fingerprint density at radius 3 is 2.16 bits per heavy atom. The number of benzene rings is 3. The largest absolute Gasteiger partial charge is 0.496 e. The number of ether oxygens (including phenoxy) is 3. The fourth-order valence-electron chi connectivity index (χ4n) is 3.77. The second kappa shape index (κ2) is 13.8. The molecular formula is C28H30Cl2N2O5. The number of nitrogens with one attached hydrogen (secondary N) is 1. The molecule has 0 saturated heterocycles. The van der Waals surface area contributed by atoms with Gasteiger partial charge in [-0.2, -0.15) is 0 Å². The van der Waals surface area contributed by atoms with E-state index in [0.29, 0.717) is 45.8 Å². The molecule has 196 valence electrons. The maximum atomic E-state index is 13.6. The smallest absolute Gasteiger partial charge is 0.261 e. The maximum absolute atomic E-state index is 13.6. The summed E-state index contributed by atoms with van der Waals surface area (Å²) in [7, 11) is 3.06. The zero-order valence-corrected chi connectivity index (χ0v) is 22.5. The highest BCUT2D eigenvalue weighted by Gasteiger charge is 2.31. The number of carbonyl (C=O) groups is 2. The van der Waals surface area contributed by atoms with Gasteiger partial charge in [-0.1, -0.05) is 59.6 Å². The third-order valence-electron chi connectivity index (χ3n) is 5.67. The van der Waals surface area contributed by atoms with Crippen LogP contribution in [0.2, 0.25) is 10.0 Å². The molecule has 7 nitrogen and oxygen atoms in total. The Bertz CT molecular complexity index is 1180. The van der Waals surface area contributed by atoms with Crippen LogP contribution in [0.15, 0.2) is 66.7 Å². The Morgan fingerprint density at radius 1 is 0.919 bits per heavy atom. The highest BCUT2D eigenvalue weighted by Crippen LogP contribution is 2.28. The van der Waals surface area contributed by atoms with Gasteiger partial charge in [-0.25, -0.2) is 0 Å². The molecule has 2 amide bonds. The third kappa shape index (κ3) is 8.03. The second-order valence-corrected chi connectivity index (χ2v) is 9.04. The van der Waals surface area contributed by atoms with Crippen LogP contribution in [0.5, 0.6) is 17.2 Å². The third-order valence-corrected chi connectivity index (χ3v) is 6.25. The molecule has 0 aliphatic heterocycles. The second-order valence-electron chi connectivity index (χ2n) is 8.19. The summed E-state index contributed by atoms with van der Waals surface area (Å²) in [5, 5.41) is 3.73.